The van der Waals surface area contributed by atoms with E-state index in [1.165, 1.54) is 11.8 Å². The van der Waals surface area contributed by atoms with Crippen molar-refractivity contribution in [2.45, 2.75) is 61.2 Å². The number of ketones is 1. The molecule has 0 saturated carbocycles. The number of fused-ring (bicyclic) bond motifs is 1. The number of hydrogen-bond donors (Lipinski definition) is 0. The summed E-state index contributed by atoms with van der Waals surface area (Å²) in [6.07, 6.45) is 1.39. The quantitative estimate of drug-likeness (QED) is 0.207. The molecule has 0 amide bonds. The summed E-state index contributed by atoms with van der Waals surface area (Å²) in [7, 11) is 0. The second kappa shape index (κ2) is 9.62. The SMILES string of the molecule is CC(C)(C)c1oc2ccccc2c1SC1C(=O)CC(CCc2ccccc2)(c2ccccc2)OC1=O. The third-order valence-corrected chi connectivity index (χ3v) is 8.02. The van der Waals surface area contributed by atoms with Crippen molar-refractivity contribution in [2.75, 3.05) is 0 Å². The van der Waals surface area contributed by atoms with E-state index in [9.17, 15) is 9.59 Å². The lowest BCUT2D eigenvalue weighted by Gasteiger charge is -2.39. The Labute approximate surface area is 216 Å². The maximum Gasteiger partial charge on any atom is 0.328 e. The fraction of sp³-hybridized carbons (Fsp3) is 0.290. The van der Waals surface area contributed by atoms with Gasteiger partial charge in [0.05, 0.1) is 11.3 Å². The summed E-state index contributed by atoms with van der Waals surface area (Å²) in [6.45, 7) is 6.21. The van der Waals surface area contributed by atoms with Gasteiger partial charge in [0.2, 0.25) is 0 Å². The van der Waals surface area contributed by atoms with Crippen LogP contribution in [0.4, 0.5) is 0 Å². The molecular weight excluding hydrogens is 468 g/mol. The molecule has 4 nitrogen and oxygen atoms in total. The van der Waals surface area contributed by atoms with Gasteiger partial charge in [-0.2, -0.15) is 0 Å². The number of ether oxygens (including phenoxy) is 1. The summed E-state index contributed by atoms with van der Waals surface area (Å²) < 4.78 is 12.4. The van der Waals surface area contributed by atoms with Crippen LogP contribution in [-0.2, 0) is 31.8 Å². The molecule has 0 N–H and O–H groups in total. The molecule has 1 aliphatic rings. The average Bonchev–Trinajstić information content (AvgIpc) is 3.25. The largest absolute Gasteiger partial charge is 0.459 e. The van der Waals surface area contributed by atoms with Crippen LogP contribution in [0.5, 0.6) is 0 Å². The zero-order valence-electron chi connectivity index (χ0n) is 20.8. The Kier molecular flexibility index (Phi) is 6.52. The highest BCUT2D eigenvalue weighted by molar-refractivity contribution is 8.01. The molecule has 5 heteroatoms. The Bertz CT molecular complexity index is 1360. The van der Waals surface area contributed by atoms with Crippen LogP contribution in [0, 0.1) is 0 Å². The Morgan fingerprint density at radius 2 is 1.53 bits per heavy atom. The molecule has 1 fully saturated rings. The number of furan rings is 1. The fourth-order valence-corrected chi connectivity index (χ4v) is 6.17. The Morgan fingerprint density at radius 1 is 0.889 bits per heavy atom. The van der Waals surface area contributed by atoms with Crippen LogP contribution in [0.15, 0.2) is 94.2 Å². The van der Waals surface area contributed by atoms with Gasteiger partial charge in [0.25, 0.3) is 0 Å². The molecule has 3 aromatic carbocycles. The van der Waals surface area contributed by atoms with Gasteiger partial charge in [-0.25, -0.2) is 0 Å². The van der Waals surface area contributed by atoms with Crippen LogP contribution < -0.4 is 0 Å². The molecule has 184 valence electrons. The lowest BCUT2D eigenvalue weighted by molar-refractivity contribution is -0.171. The first-order valence-corrected chi connectivity index (χ1v) is 13.2. The minimum Gasteiger partial charge on any atom is -0.459 e. The van der Waals surface area contributed by atoms with Gasteiger partial charge in [-0.3, -0.25) is 9.59 Å². The van der Waals surface area contributed by atoms with Gasteiger partial charge in [0.1, 0.15) is 16.9 Å². The highest BCUT2D eigenvalue weighted by atomic mass is 32.2. The summed E-state index contributed by atoms with van der Waals surface area (Å²) in [6, 6.07) is 27.5. The van der Waals surface area contributed by atoms with Crippen molar-refractivity contribution in [3.8, 4) is 0 Å². The highest BCUT2D eigenvalue weighted by Crippen LogP contribution is 2.46. The molecule has 0 spiro atoms. The zero-order chi connectivity index (χ0) is 25.3. The van der Waals surface area contributed by atoms with E-state index in [-0.39, 0.29) is 17.6 Å². The molecule has 4 aromatic rings. The van der Waals surface area contributed by atoms with Crippen molar-refractivity contribution in [1.29, 1.82) is 0 Å². The average molecular weight is 499 g/mol. The maximum absolute atomic E-state index is 13.7. The van der Waals surface area contributed by atoms with Crippen LogP contribution in [0.2, 0.25) is 0 Å². The molecule has 0 bridgehead atoms. The Morgan fingerprint density at radius 3 is 2.19 bits per heavy atom. The summed E-state index contributed by atoms with van der Waals surface area (Å²) in [5.74, 6) is 0.176. The van der Waals surface area contributed by atoms with E-state index in [1.54, 1.807) is 0 Å². The van der Waals surface area contributed by atoms with E-state index in [2.05, 4.69) is 32.9 Å². The van der Waals surface area contributed by atoms with E-state index in [1.807, 2.05) is 72.8 Å². The first-order chi connectivity index (χ1) is 17.3. The van der Waals surface area contributed by atoms with Gasteiger partial charge < -0.3 is 9.15 Å². The number of thioether (sulfide) groups is 1. The molecule has 36 heavy (non-hydrogen) atoms. The number of cyclic esters (lactones) is 1. The lowest BCUT2D eigenvalue weighted by Crippen LogP contribution is -2.47. The van der Waals surface area contributed by atoms with Gasteiger partial charge in [0, 0.05) is 10.8 Å². The fourth-order valence-electron chi connectivity index (χ4n) is 4.83. The predicted molar refractivity (Wildman–Crippen MR) is 143 cm³/mol. The van der Waals surface area contributed by atoms with Crippen molar-refractivity contribution in [3.63, 3.8) is 0 Å². The molecule has 0 aliphatic carbocycles. The minimum atomic E-state index is -0.979. The van der Waals surface area contributed by atoms with Gasteiger partial charge in [-0.05, 0) is 36.1 Å². The number of aryl methyl sites for hydroxylation is 1. The van der Waals surface area contributed by atoms with Crippen molar-refractivity contribution >= 4 is 34.5 Å². The van der Waals surface area contributed by atoms with E-state index < -0.39 is 16.8 Å². The molecule has 2 unspecified atom stereocenters. The number of esters is 1. The first-order valence-electron chi connectivity index (χ1n) is 12.3. The van der Waals surface area contributed by atoms with E-state index >= 15 is 0 Å². The van der Waals surface area contributed by atoms with Gasteiger partial charge in [-0.15, -0.1) is 0 Å². The van der Waals surface area contributed by atoms with Gasteiger partial charge in [0.15, 0.2) is 11.0 Å². The van der Waals surface area contributed by atoms with Crippen LogP contribution in [0.3, 0.4) is 0 Å². The zero-order valence-corrected chi connectivity index (χ0v) is 21.6. The Balaban J connectivity index is 1.47. The van der Waals surface area contributed by atoms with Crippen molar-refractivity contribution < 1.29 is 18.7 Å². The van der Waals surface area contributed by atoms with E-state index in [0.29, 0.717) is 12.8 Å². The number of benzene rings is 3. The summed E-state index contributed by atoms with van der Waals surface area (Å²) in [5, 5.41) is -0.0160. The van der Waals surface area contributed by atoms with E-state index in [0.717, 1.165) is 32.8 Å². The minimum absolute atomic E-state index is 0.113. The third kappa shape index (κ3) is 4.72. The second-order valence-electron chi connectivity index (χ2n) is 10.4. The highest BCUT2D eigenvalue weighted by Gasteiger charge is 2.49. The Hall–Kier alpha value is -3.31. The summed E-state index contributed by atoms with van der Waals surface area (Å²) in [4.78, 5) is 28.0. The van der Waals surface area contributed by atoms with Crippen LogP contribution >= 0.6 is 11.8 Å². The first kappa shape index (κ1) is 24.4. The molecule has 0 radical (unpaired) electrons. The third-order valence-electron chi connectivity index (χ3n) is 6.69. The maximum atomic E-state index is 13.7. The monoisotopic (exact) mass is 498 g/mol. The van der Waals surface area contributed by atoms with Crippen molar-refractivity contribution in [2.24, 2.45) is 0 Å². The number of carbonyl (C=O) groups excluding carboxylic acids is 2. The second-order valence-corrected chi connectivity index (χ2v) is 11.5. The molecule has 1 saturated heterocycles. The number of rotatable bonds is 6. The molecular formula is C31H30O4S. The number of para-hydroxylation sites is 1. The summed E-state index contributed by atoms with van der Waals surface area (Å²) >= 11 is 1.26. The predicted octanol–water partition coefficient (Wildman–Crippen LogP) is 7.24. The van der Waals surface area contributed by atoms with Crippen LogP contribution in [-0.4, -0.2) is 17.0 Å². The molecule has 2 atom stereocenters. The smallest absolute Gasteiger partial charge is 0.328 e. The summed E-state index contributed by atoms with van der Waals surface area (Å²) in [5.41, 5.74) is 1.49. The van der Waals surface area contributed by atoms with Crippen molar-refractivity contribution in [1.82, 2.24) is 0 Å². The topological polar surface area (TPSA) is 56.5 Å². The van der Waals surface area contributed by atoms with Crippen molar-refractivity contribution in [3.05, 3.63) is 102 Å². The normalized spacial score (nSPS) is 20.5. The standard InChI is InChI=1S/C31H30O4S/c1-30(2,3)28-26(23-16-10-11-17-25(23)34-28)36-27-24(32)20-31(35-29(27)33,22-14-8-5-9-15-22)19-18-21-12-6-4-7-13-21/h4-17,27H,18-20H2,1-3H3. The lowest BCUT2D eigenvalue weighted by atomic mass is 9.81. The molecule has 5 rings (SSSR count). The van der Waals surface area contributed by atoms with Gasteiger partial charge >= 0.3 is 5.97 Å². The number of Topliss-reactive ketones (excluding diaryl/α,β-unsaturated/α-hetero) is 1. The van der Waals surface area contributed by atoms with E-state index in [4.69, 9.17) is 9.15 Å². The number of carbonyl (C=O) groups is 2. The molecule has 1 aliphatic heterocycles. The number of hydrogen-bond acceptors (Lipinski definition) is 5. The molecule has 2 heterocycles. The van der Waals surface area contributed by atoms with Crippen LogP contribution in [0.25, 0.3) is 11.0 Å². The van der Waals surface area contributed by atoms with Crippen LogP contribution in [0.1, 0.15) is 50.5 Å². The van der Waals surface area contributed by atoms with Gasteiger partial charge in [-0.1, -0.05) is 105 Å². The molecule has 1 aromatic heterocycles.